The van der Waals surface area contributed by atoms with E-state index in [-0.39, 0.29) is 5.92 Å². The fraction of sp³-hybridized carbons (Fsp3) is 0.581. The number of carbonyl (C=O) groups is 1. The van der Waals surface area contributed by atoms with Gasteiger partial charge in [-0.25, -0.2) is 4.79 Å². The normalized spacial score (nSPS) is 12.3. The van der Waals surface area contributed by atoms with Gasteiger partial charge in [-0.1, -0.05) is 48.5 Å². The van der Waals surface area contributed by atoms with E-state index < -0.39 is 6.09 Å². The molecule has 0 aromatic heterocycles. The third kappa shape index (κ3) is 13.4. The van der Waals surface area contributed by atoms with Gasteiger partial charge in [0.05, 0.1) is 92.5 Å². The van der Waals surface area contributed by atoms with Gasteiger partial charge in [0.1, 0.15) is 6.61 Å². The Balaban J connectivity index is 1.05. The Morgan fingerprint density at radius 2 is 0.952 bits per heavy atom. The minimum Gasteiger partial charge on any atom is -0.449 e. The lowest BCUT2D eigenvalue weighted by molar-refractivity contribution is -0.0199. The zero-order valence-electron chi connectivity index (χ0n) is 24.3. The number of alkyl halides is 1. The van der Waals surface area contributed by atoms with Crippen LogP contribution < -0.4 is 5.32 Å². The Hall–Kier alpha value is -2.28. The molecule has 42 heavy (non-hydrogen) atoms. The van der Waals surface area contributed by atoms with Gasteiger partial charge in [0.15, 0.2) is 0 Å². The highest BCUT2D eigenvalue weighted by molar-refractivity contribution is 6.17. The fourth-order valence-corrected chi connectivity index (χ4v) is 4.46. The van der Waals surface area contributed by atoms with Crippen LogP contribution in [0.1, 0.15) is 17.0 Å². The Morgan fingerprint density at radius 1 is 0.571 bits per heavy atom. The van der Waals surface area contributed by atoms with Crippen molar-refractivity contribution >= 4 is 17.7 Å². The maximum atomic E-state index is 12.2. The number of rotatable bonds is 25. The molecule has 0 saturated carbocycles. The number of carbonyl (C=O) groups excluding carboxylic acids is 1. The predicted molar refractivity (Wildman–Crippen MR) is 160 cm³/mol. The van der Waals surface area contributed by atoms with Crippen molar-refractivity contribution in [3.8, 4) is 11.1 Å². The number of nitrogens with one attached hydrogen (secondary N) is 1. The minimum atomic E-state index is -0.448. The van der Waals surface area contributed by atoms with Crippen LogP contribution in [0.4, 0.5) is 4.79 Å². The molecule has 11 heteroatoms. The van der Waals surface area contributed by atoms with E-state index in [0.29, 0.717) is 112 Å². The van der Waals surface area contributed by atoms with Crippen molar-refractivity contribution in [2.75, 3.05) is 112 Å². The zero-order valence-corrected chi connectivity index (χ0v) is 25.0. The van der Waals surface area contributed by atoms with E-state index in [0.717, 1.165) is 0 Å². The summed E-state index contributed by atoms with van der Waals surface area (Å²) < 4.78 is 43.4. The summed E-state index contributed by atoms with van der Waals surface area (Å²) in [5.41, 5.74) is 4.79. The highest BCUT2D eigenvalue weighted by Crippen LogP contribution is 2.44. The van der Waals surface area contributed by atoms with Crippen molar-refractivity contribution in [1.29, 1.82) is 0 Å². The minimum absolute atomic E-state index is 0.0436. The van der Waals surface area contributed by atoms with Gasteiger partial charge in [-0.15, -0.1) is 11.6 Å². The van der Waals surface area contributed by atoms with E-state index in [1.165, 1.54) is 22.3 Å². The van der Waals surface area contributed by atoms with Crippen LogP contribution in [0, 0.1) is 0 Å². The van der Waals surface area contributed by atoms with Crippen molar-refractivity contribution < 1.29 is 42.7 Å². The van der Waals surface area contributed by atoms with Gasteiger partial charge in [-0.3, -0.25) is 0 Å². The number of benzene rings is 2. The molecule has 0 atom stereocenters. The third-order valence-corrected chi connectivity index (χ3v) is 6.47. The quantitative estimate of drug-likeness (QED) is 0.133. The highest BCUT2D eigenvalue weighted by Gasteiger charge is 2.28. The van der Waals surface area contributed by atoms with Gasteiger partial charge in [-0.05, 0) is 22.3 Å². The van der Waals surface area contributed by atoms with Crippen LogP contribution in [0.15, 0.2) is 48.5 Å². The maximum Gasteiger partial charge on any atom is 0.407 e. The third-order valence-electron chi connectivity index (χ3n) is 6.31. The molecule has 0 fully saturated rings. The van der Waals surface area contributed by atoms with Gasteiger partial charge in [-0.2, -0.15) is 0 Å². The number of hydrogen-bond acceptors (Lipinski definition) is 9. The highest BCUT2D eigenvalue weighted by atomic mass is 35.5. The van der Waals surface area contributed by atoms with E-state index >= 15 is 0 Å². The number of fused-ring (bicyclic) bond motifs is 3. The van der Waals surface area contributed by atoms with Gasteiger partial charge in [0.2, 0.25) is 0 Å². The van der Waals surface area contributed by atoms with Gasteiger partial charge < -0.3 is 43.2 Å². The monoisotopic (exact) mass is 609 g/mol. The lowest BCUT2D eigenvalue weighted by atomic mass is 9.98. The van der Waals surface area contributed by atoms with Gasteiger partial charge >= 0.3 is 6.09 Å². The molecule has 1 N–H and O–H groups in total. The largest absolute Gasteiger partial charge is 0.449 e. The van der Waals surface area contributed by atoms with E-state index in [1.54, 1.807) is 0 Å². The summed E-state index contributed by atoms with van der Waals surface area (Å²) in [6, 6.07) is 16.5. The summed E-state index contributed by atoms with van der Waals surface area (Å²) in [4.78, 5) is 12.2. The van der Waals surface area contributed by atoms with Crippen LogP contribution in [0.25, 0.3) is 11.1 Å². The maximum absolute atomic E-state index is 12.2. The predicted octanol–water partition coefficient (Wildman–Crippen LogP) is 3.88. The number of ether oxygens (including phenoxy) is 8. The molecular formula is C31H44ClNO9. The number of halogens is 1. The zero-order chi connectivity index (χ0) is 29.5. The lowest BCUT2D eigenvalue weighted by Gasteiger charge is -2.14. The van der Waals surface area contributed by atoms with Crippen molar-refractivity contribution in [3.05, 3.63) is 59.7 Å². The molecule has 2 aromatic carbocycles. The second-order valence-corrected chi connectivity index (χ2v) is 9.61. The van der Waals surface area contributed by atoms with E-state index in [9.17, 15) is 4.79 Å². The molecule has 0 saturated heterocycles. The summed E-state index contributed by atoms with van der Waals surface area (Å²) in [5.74, 6) is 0.537. The fourth-order valence-electron chi connectivity index (χ4n) is 4.35. The lowest BCUT2D eigenvalue weighted by Crippen LogP contribution is -2.29. The van der Waals surface area contributed by atoms with Crippen molar-refractivity contribution in [1.82, 2.24) is 5.32 Å². The van der Waals surface area contributed by atoms with Crippen LogP contribution in [0.2, 0.25) is 0 Å². The molecule has 0 heterocycles. The summed E-state index contributed by atoms with van der Waals surface area (Å²) >= 11 is 5.51. The van der Waals surface area contributed by atoms with Crippen molar-refractivity contribution in [3.63, 3.8) is 0 Å². The van der Waals surface area contributed by atoms with Crippen molar-refractivity contribution in [2.24, 2.45) is 0 Å². The molecule has 0 radical (unpaired) electrons. The summed E-state index contributed by atoms with van der Waals surface area (Å²) in [7, 11) is 0. The smallest absolute Gasteiger partial charge is 0.407 e. The Labute approximate surface area is 253 Å². The first-order valence-electron chi connectivity index (χ1n) is 14.5. The van der Waals surface area contributed by atoms with Crippen molar-refractivity contribution in [2.45, 2.75) is 5.92 Å². The van der Waals surface area contributed by atoms with Crippen LogP contribution in [-0.2, 0) is 37.9 Å². The number of amides is 1. The average molecular weight is 610 g/mol. The number of alkyl carbamates (subject to hydrolysis) is 1. The molecule has 10 nitrogen and oxygen atoms in total. The molecule has 0 spiro atoms. The molecule has 3 rings (SSSR count). The topological polar surface area (TPSA) is 103 Å². The van der Waals surface area contributed by atoms with Gasteiger partial charge in [0.25, 0.3) is 0 Å². The first-order valence-corrected chi connectivity index (χ1v) is 15.0. The molecule has 234 valence electrons. The molecule has 0 unspecified atom stereocenters. The Kier molecular flexibility index (Phi) is 18.2. The second-order valence-electron chi connectivity index (χ2n) is 9.23. The molecule has 2 aromatic rings. The first kappa shape index (κ1) is 34.2. The van der Waals surface area contributed by atoms with Crippen LogP contribution in [-0.4, -0.2) is 118 Å². The number of hydrogen-bond donors (Lipinski definition) is 1. The van der Waals surface area contributed by atoms with Crippen LogP contribution in [0.5, 0.6) is 0 Å². The molecule has 1 aliphatic rings. The van der Waals surface area contributed by atoms with Crippen LogP contribution >= 0.6 is 11.6 Å². The van der Waals surface area contributed by atoms with E-state index in [1.807, 2.05) is 24.3 Å². The van der Waals surface area contributed by atoms with E-state index in [2.05, 4.69) is 29.6 Å². The van der Waals surface area contributed by atoms with E-state index in [4.69, 9.17) is 49.5 Å². The Bertz CT molecular complexity index is 951. The molecule has 0 bridgehead atoms. The van der Waals surface area contributed by atoms with Crippen LogP contribution in [0.3, 0.4) is 0 Å². The SMILES string of the molecule is O=C(NCCOCCOCCOCCOCCOCCOCCOCCCl)OCC1c2ccccc2-c2ccccc21. The molecule has 0 aliphatic heterocycles. The summed E-state index contributed by atoms with van der Waals surface area (Å²) in [5, 5.41) is 2.74. The molecular weight excluding hydrogens is 566 g/mol. The Morgan fingerprint density at radius 3 is 1.38 bits per heavy atom. The second kappa shape index (κ2) is 22.3. The van der Waals surface area contributed by atoms with Gasteiger partial charge in [0, 0.05) is 18.3 Å². The molecule has 1 aliphatic carbocycles. The average Bonchev–Trinajstić information content (AvgIpc) is 3.34. The standard InChI is InChI=1S/C31H44ClNO9/c32-9-11-35-13-15-37-17-19-39-21-23-41-24-22-40-20-18-38-16-14-36-12-10-33-31(34)42-25-30-28-7-3-1-5-26(28)27-6-2-4-8-29(27)30/h1-8,30H,9-25H2,(H,33,34). The first-order chi connectivity index (χ1) is 20.8. The molecule has 1 amide bonds. The summed E-state index contributed by atoms with van der Waals surface area (Å²) in [6.45, 7) is 7.54. The summed E-state index contributed by atoms with van der Waals surface area (Å²) in [6.07, 6.45) is -0.448.